The van der Waals surface area contributed by atoms with Gasteiger partial charge in [0, 0.05) is 29.8 Å². The summed E-state index contributed by atoms with van der Waals surface area (Å²) in [6, 6.07) is 3.56. The lowest BCUT2D eigenvalue weighted by Gasteiger charge is -2.21. The Balaban J connectivity index is 2.24. The van der Waals surface area contributed by atoms with Crippen LogP contribution >= 0.6 is 11.6 Å². The second-order valence-electron chi connectivity index (χ2n) is 6.63. The molecule has 2 rings (SSSR count). The molecule has 0 bridgehead atoms. The second-order valence-corrected chi connectivity index (χ2v) is 7.02. The number of rotatable bonds is 2. The van der Waals surface area contributed by atoms with Gasteiger partial charge >= 0.3 is 0 Å². The van der Waals surface area contributed by atoms with Gasteiger partial charge in [0.15, 0.2) is 0 Å². The van der Waals surface area contributed by atoms with Gasteiger partial charge in [0.2, 0.25) is 0 Å². The van der Waals surface area contributed by atoms with Crippen LogP contribution < -0.4 is 0 Å². The van der Waals surface area contributed by atoms with Crippen LogP contribution in [0.4, 0.5) is 0 Å². The number of carbonyl (C=O) groups excluding carboxylic acids is 1. The molecule has 0 spiro atoms. The molecule has 1 aromatic rings. The molecule has 1 atom stereocenters. The average molecular weight is 295 g/mol. The minimum absolute atomic E-state index is 0.0794. The fourth-order valence-corrected chi connectivity index (χ4v) is 2.75. The molecular formula is C16H23ClN2O. The summed E-state index contributed by atoms with van der Waals surface area (Å²) in [7, 11) is 0. The van der Waals surface area contributed by atoms with E-state index >= 15 is 0 Å². The van der Waals surface area contributed by atoms with E-state index in [1.54, 1.807) is 6.07 Å². The van der Waals surface area contributed by atoms with Crippen molar-refractivity contribution in [3.8, 4) is 0 Å². The van der Waals surface area contributed by atoms with Crippen LogP contribution in [0.15, 0.2) is 12.1 Å². The molecule has 0 aliphatic carbocycles. The molecular weight excluding hydrogens is 272 g/mol. The Kier molecular flexibility index (Phi) is 4.38. The van der Waals surface area contributed by atoms with E-state index in [4.69, 9.17) is 11.6 Å². The van der Waals surface area contributed by atoms with Crippen molar-refractivity contribution in [2.24, 2.45) is 5.92 Å². The highest BCUT2D eigenvalue weighted by atomic mass is 35.5. The average Bonchev–Trinajstić information content (AvgIpc) is 2.84. The van der Waals surface area contributed by atoms with Crippen LogP contribution in [0.5, 0.6) is 0 Å². The van der Waals surface area contributed by atoms with E-state index in [1.807, 2.05) is 11.0 Å². The molecule has 1 unspecified atom stereocenters. The first-order valence-electron chi connectivity index (χ1n) is 7.28. The van der Waals surface area contributed by atoms with Gasteiger partial charge < -0.3 is 4.90 Å². The maximum atomic E-state index is 12.6. The van der Waals surface area contributed by atoms with Crippen molar-refractivity contribution in [3.63, 3.8) is 0 Å². The number of hydrogen-bond acceptors (Lipinski definition) is 2. The first-order chi connectivity index (χ1) is 9.31. The highest BCUT2D eigenvalue weighted by Crippen LogP contribution is 2.26. The molecule has 110 valence electrons. The molecule has 1 aromatic heterocycles. The smallest absolute Gasteiger partial charge is 0.254 e. The molecule has 1 saturated heterocycles. The summed E-state index contributed by atoms with van der Waals surface area (Å²) in [6.45, 7) is 10.1. The van der Waals surface area contributed by atoms with Gasteiger partial charge in [-0.3, -0.25) is 4.79 Å². The fraction of sp³-hybridized carbons (Fsp3) is 0.625. The SMILES string of the molecule is CCC1CCN(C(=O)c2cc(Cl)nc(C(C)(C)C)c2)C1. The lowest BCUT2D eigenvalue weighted by molar-refractivity contribution is 0.0786. The van der Waals surface area contributed by atoms with Crippen molar-refractivity contribution < 1.29 is 4.79 Å². The molecule has 1 amide bonds. The standard InChI is InChI=1S/C16H23ClN2O/c1-5-11-6-7-19(10-11)15(20)12-8-13(16(2,3)4)18-14(17)9-12/h8-9,11H,5-7,10H2,1-4H3. The second kappa shape index (κ2) is 5.72. The van der Waals surface area contributed by atoms with E-state index in [2.05, 4.69) is 32.7 Å². The number of pyridine rings is 1. The van der Waals surface area contributed by atoms with Crippen LogP contribution in [-0.4, -0.2) is 28.9 Å². The Bertz CT molecular complexity index is 508. The van der Waals surface area contributed by atoms with Crippen molar-refractivity contribution in [1.29, 1.82) is 0 Å². The molecule has 1 fully saturated rings. The summed E-state index contributed by atoms with van der Waals surface area (Å²) in [6.07, 6.45) is 2.24. The van der Waals surface area contributed by atoms with E-state index in [9.17, 15) is 4.79 Å². The Labute approximate surface area is 126 Å². The van der Waals surface area contributed by atoms with E-state index in [1.165, 1.54) is 0 Å². The normalized spacial score (nSPS) is 19.4. The zero-order valence-electron chi connectivity index (χ0n) is 12.7. The van der Waals surface area contributed by atoms with Gasteiger partial charge in [-0.2, -0.15) is 0 Å². The number of hydrogen-bond donors (Lipinski definition) is 0. The predicted octanol–water partition coefficient (Wildman–Crippen LogP) is 3.90. The number of amides is 1. The van der Waals surface area contributed by atoms with E-state index in [0.29, 0.717) is 16.6 Å². The quantitative estimate of drug-likeness (QED) is 0.775. The van der Waals surface area contributed by atoms with Gasteiger partial charge in [0.05, 0.1) is 0 Å². The van der Waals surface area contributed by atoms with Gasteiger partial charge in [-0.25, -0.2) is 4.98 Å². The molecule has 0 saturated carbocycles. The van der Waals surface area contributed by atoms with E-state index in [-0.39, 0.29) is 11.3 Å². The number of halogens is 1. The van der Waals surface area contributed by atoms with Crippen LogP contribution in [0, 0.1) is 5.92 Å². The molecule has 0 radical (unpaired) electrons. The monoisotopic (exact) mass is 294 g/mol. The lowest BCUT2D eigenvalue weighted by Crippen LogP contribution is -2.29. The molecule has 1 aliphatic heterocycles. The topological polar surface area (TPSA) is 33.2 Å². The summed E-state index contributed by atoms with van der Waals surface area (Å²) in [5.74, 6) is 0.717. The van der Waals surface area contributed by atoms with Crippen LogP contribution in [0.1, 0.15) is 56.6 Å². The molecule has 1 aliphatic rings. The van der Waals surface area contributed by atoms with E-state index < -0.39 is 0 Å². The maximum Gasteiger partial charge on any atom is 0.254 e. The van der Waals surface area contributed by atoms with Crippen LogP contribution in [-0.2, 0) is 5.41 Å². The van der Waals surface area contributed by atoms with Crippen LogP contribution in [0.2, 0.25) is 5.15 Å². The maximum absolute atomic E-state index is 12.6. The van der Waals surface area contributed by atoms with Gasteiger partial charge in [-0.15, -0.1) is 0 Å². The molecule has 0 N–H and O–H groups in total. The third kappa shape index (κ3) is 3.32. The Morgan fingerprint density at radius 1 is 1.45 bits per heavy atom. The summed E-state index contributed by atoms with van der Waals surface area (Å²) >= 11 is 6.08. The van der Waals surface area contributed by atoms with E-state index in [0.717, 1.165) is 31.6 Å². The number of carbonyl (C=O) groups is 1. The highest BCUT2D eigenvalue weighted by Gasteiger charge is 2.27. The minimum atomic E-state index is -0.114. The summed E-state index contributed by atoms with van der Waals surface area (Å²) in [5, 5.41) is 0.395. The summed E-state index contributed by atoms with van der Waals surface area (Å²) in [5.41, 5.74) is 1.41. The van der Waals surface area contributed by atoms with Gasteiger partial charge in [0.25, 0.3) is 5.91 Å². The zero-order valence-corrected chi connectivity index (χ0v) is 13.5. The first-order valence-corrected chi connectivity index (χ1v) is 7.66. The summed E-state index contributed by atoms with van der Waals surface area (Å²) in [4.78, 5) is 18.9. The van der Waals surface area contributed by atoms with Gasteiger partial charge in [-0.05, 0) is 24.5 Å². The Hall–Kier alpha value is -1.09. The number of likely N-dealkylation sites (tertiary alicyclic amines) is 1. The molecule has 20 heavy (non-hydrogen) atoms. The minimum Gasteiger partial charge on any atom is -0.338 e. The van der Waals surface area contributed by atoms with Crippen molar-refractivity contribution in [1.82, 2.24) is 9.88 Å². The molecule has 0 aromatic carbocycles. The third-order valence-corrected chi connectivity index (χ3v) is 4.15. The van der Waals surface area contributed by atoms with Crippen molar-refractivity contribution in [3.05, 3.63) is 28.5 Å². The summed E-state index contributed by atoms with van der Waals surface area (Å²) < 4.78 is 0. The van der Waals surface area contributed by atoms with Crippen LogP contribution in [0.25, 0.3) is 0 Å². The number of aromatic nitrogens is 1. The number of nitrogens with zero attached hydrogens (tertiary/aromatic N) is 2. The molecule has 3 nitrogen and oxygen atoms in total. The Morgan fingerprint density at radius 2 is 2.15 bits per heavy atom. The highest BCUT2D eigenvalue weighted by molar-refractivity contribution is 6.29. The van der Waals surface area contributed by atoms with Gasteiger partial charge in [0.1, 0.15) is 5.15 Å². The van der Waals surface area contributed by atoms with Crippen molar-refractivity contribution in [2.75, 3.05) is 13.1 Å². The predicted molar refractivity (Wildman–Crippen MR) is 82.2 cm³/mol. The van der Waals surface area contributed by atoms with Crippen molar-refractivity contribution in [2.45, 2.75) is 46.0 Å². The van der Waals surface area contributed by atoms with Crippen LogP contribution in [0.3, 0.4) is 0 Å². The first kappa shape index (κ1) is 15.3. The molecule has 4 heteroatoms. The lowest BCUT2D eigenvalue weighted by atomic mass is 9.91. The van der Waals surface area contributed by atoms with Gasteiger partial charge in [-0.1, -0.05) is 45.7 Å². The largest absolute Gasteiger partial charge is 0.338 e. The fourth-order valence-electron chi connectivity index (χ4n) is 2.54. The van der Waals surface area contributed by atoms with Crippen molar-refractivity contribution >= 4 is 17.5 Å². The zero-order chi connectivity index (χ0) is 14.9. The Morgan fingerprint density at radius 3 is 2.70 bits per heavy atom. The third-order valence-electron chi connectivity index (χ3n) is 3.96. The molecule has 2 heterocycles.